The van der Waals surface area contributed by atoms with Crippen molar-refractivity contribution >= 4 is 38.1 Å². The lowest BCUT2D eigenvalue weighted by Crippen LogP contribution is -2.04. The van der Waals surface area contributed by atoms with Crippen LogP contribution >= 0.6 is 27.3 Å². The molecule has 3 aromatic rings. The molecule has 22 heavy (non-hydrogen) atoms. The molecule has 1 aromatic heterocycles. The number of thiophene rings is 1. The zero-order chi connectivity index (χ0) is 15.7. The summed E-state index contributed by atoms with van der Waals surface area (Å²) in [5.74, 6) is -0.0341. The number of rotatable bonds is 3. The predicted octanol–water partition coefficient (Wildman–Crippen LogP) is 5.30. The molecule has 0 unspecified atom stereocenters. The van der Waals surface area contributed by atoms with Crippen LogP contribution in [0.3, 0.4) is 0 Å². The highest BCUT2D eigenvalue weighted by Crippen LogP contribution is 2.39. The molecule has 0 amide bonds. The van der Waals surface area contributed by atoms with Crippen molar-refractivity contribution in [3.05, 3.63) is 75.1 Å². The monoisotopic (exact) mass is 371 g/mol. The summed E-state index contributed by atoms with van der Waals surface area (Å²) in [7, 11) is 0. The van der Waals surface area contributed by atoms with Crippen molar-refractivity contribution in [2.75, 3.05) is 5.73 Å². The summed E-state index contributed by atoms with van der Waals surface area (Å²) in [5.41, 5.74) is 9.35. The molecule has 4 heteroatoms. The zero-order valence-electron chi connectivity index (χ0n) is 12.0. The molecule has 0 aliphatic heterocycles. The summed E-state index contributed by atoms with van der Waals surface area (Å²) in [6.07, 6.45) is 0. The Hall–Kier alpha value is -1.91. The van der Waals surface area contributed by atoms with Gasteiger partial charge in [0.2, 0.25) is 0 Å². The van der Waals surface area contributed by atoms with Crippen LogP contribution in [0.5, 0.6) is 0 Å². The van der Waals surface area contributed by atoms with E-state index in [1.807, 2.05) is 61.5 Å². The van der Waals surface area contributed by atoms with Gasteiger partial charge < -0.3 is 5.73 Å². The Kier molecular flexibility index (Phi) is 4.14. The van der Waals surface area contributed by atoms with Gasteiger partial charge in [0.05, 0.1) is 10.6 Å². The first kappa shape index (κ1) is 15.0. The van der Waals surface area contributed by atoms with Crippen LogP contribution in [0.2, 0.25) is 0 Å². The maximum atomic E-state index is 12.9. The molecule has 0 aliphatic rings. The van der Waals surface area contributed by atoms with Gasteiger partial charge in [0.15, 0.2) is 5.78 Å². The number of nitrogen functional groups attached to an aromatic ring is 1. The van der Waals surface area contributed by atoms with E-state index in [0.29, 0.717) is 16.1 Å². The second-order valence-corrected chi connectivity index (χ2v) is 7.15. The van der Waals surface area contributed by atoms with Crippen molar-refractivity contribution in [3.63, 3.8) is 0 Å². The van der Waals surface area contributed by atoms with Gasteiger partial charge in [-0.15, -0.1) is 11.3 Å². The maximum Gasteiger partial charge on any atom is 0.196 e. The first-order chi connectivity index (χ1) is 10.6. The van der Waals surface area contributed by atoms with Gasteiger partial charge in [-0.3, -0.25) is 4.79 Å². The average Bonchev–Trinajstić information content (AvgIpc) is 2.82. The molecule has 0 spiro atoms. The molecule has 0 saturated carbocycles. The smallest absolute Gasteiger partial charge is 0.196 e. The van der Waals surface area contributed by atoms with Crippen LogP contribution in [0.25, 0.3) is 11.1 Å². The normalized spacial score (nSPS) is 10.6. The van der Waals surface area contributed by atoms with E-state index in [1.54, 1.807) is 0 Å². The number of ketones is 1. The van der Waals surface area contributed by atoms with Crippen LogP contribution in [0.4, 0.5) is 5.00 Å². The number of nitrogens with two attached hydrogens (primary N) is 1. The second kappa shape index (κ2) is 6.07. The molecule has 3 rings (SSSR count). The van der Waals surface area contributed by atoms with Gasteiger partial charge in [0.25, 0.3) is 0 Å². The van der Waals surface area contributed by atoms with Crippen LogP contribution in [0.15, 0.2) is 59.1 Å². The van der Waals surface area contributed by atoms with Gasteiger partial charge in [-0.25, -0.2) is 0 Å². The molecule has 0 atom stereocenters. The highest BCUT2D eigenvalue weighted by molar-refractivity contribution is 9.10. The van der Waals surface area contributed by atoms with Crippen molar-refractivity contribution in [1.29, 1.82) is 0 Å². The van der Waals surface area contributed by atoms with Crippen LogP contribution < -0.4 is 5.73 Å². The molecular weight excluding hydrogens is 358 g/mol. The predicted molar refractivity (Wildman–Crippen MR) is 96.5 cm³/mol. The van der Waals surface area contributed by atoms with Crippen molar-refractivity contribution < 1.29 is 4.79 Å². The molecule has 2 nitrogen and oxygen atoms in total. The summed E-state index contributed by atoms with van der Waals surface area (Å²) >= 11 is 4.85. The number of hydrogen-bond acceptors (Lipinski definition) is 3. The Bertz CT molecular complexity index is 822. The SMILES string of the molecule is Cc1sc(N)c(C(=O)c2ccc(Br)cc2)c1-c1ccccc1. The number of hydrogen-bond donors (Lipinski definition) is 1. The third-order valence-electron chi connectivity index (χ3n) is 3.51. The Morgan fingerprint density at radius 3 is 2.32 bits per heavy atom. The summed E-state index contributed by atoms with van der Waals surface area (Å²) < 4.78 is 0.946. The standard InChI is InChI=1S/C18H14BrNOS/c1-11-15(12-5-3-2-4-6-12)16(18(20)22-11)17(21)13-7-9-14(19)10-8-13/h2-10H,20H2,1H3. The molecule has 0 bridgehead atoms. The summed E-state index contributed by atoms with van der Waals surface area (Å²) in [6.45, 7) is 2.00. The first-order valence-corrected chi connectivity index (χ1v) is 8.43. The van der Waals surface area contributed by atoms with Crippen molar-refractivity contribution in [2.45, 2.75) is 6.92 Å². The van der Waals surface area contributed by atoms with Crippen LogP contribution in [0.1, 0.15) is 20.8 Å². The minimum atomic E-state index is -0.0341. The van der Waals surface area contributed by atoms with E-state index in [4.69, 9.17) is 5.73 Å². The Morgan fingerprint density at radius 1 is 1.05 bits per heavy atom. The molecule has 2 N–H and O–H groups in total. The van der Waals surface area contributed by atoms with E-state index < -0.39 is 0 Å². The number of aryl methyl sites for hydroxylation is 1. The topological polar surface area (TPSA) is 43.1 Å². The maximum absolute atomic E-state index is 12.9. The van der Waals surface area contributed by atoms with Crippen LogP contribution in [-0.2, 0) is 0 Å². The van der Waals surface area contributed by atoms with Crippen molar-refractivity contribution in [2.24, 2.45) is 0 Å². The Balaban J connectivity index is 2.15. The summed E-state index contributed by atoms with van der Waals surface area (Å²) in [6, 6.07) is 17.3. The van der Waals surface area contributed by atoms with Gasteiger partial charge in [-0.1, -0.05) is 46.3 Å². The number of anilines is 1. The third kappa shape index (κ3) is 2.72. The summed E-state index contributed by atoms with van der Waals surface area (Å²) in [4.78, 5) is 14.0. The highest BCUT2D eigenvalue weighted by Gasteiger charge is 2.22. The van der Waals surface area contributed by atoms with Gasteiger partial charge in [-0.05, 0) is 36.8 Å². The summed E-state index contributed by atoms with van der Waals surface area (Å²) in [5, 5.41) is 0.573. The minimum Gasteiger partial charge on any atom is -0.390 e. The molecule has 0 saturated heterocycles. The molecule has 0 fully saturated rings. The van der Waals surface area contributed by atoms with Crippen molar-refractivity contribution in [3.8, 4) is 11.1 Å². The van der Waals surface area contributed by atoms with Gasteiger partial charge in [0.1, 0.15) is 0 Å². The Morgan fingerprint density at radius 2 is 1.68 bits per heavy atom. The molecule has 2 aromatic carbocycles. The average molecular weight is 372 g/mol. The number of benzene rings is 2. The van der Waals surface area contributed by atoms with E-state index in [-0.39, 0.29) is 5.78 Å². The fourth-order valence-corrected chi connectivity index (χ4v) is 3.70. The molecule has 110 valence electrons. The van der Waals surface area contributed by atoms with E-state index in [1.165, 1.54) is 11.3 Å². The first-order valence-electron chi connectivity index (χ1n) is 6.82. The minimum absolute atomic E-state index is 0.0341. The highest BCUT2D eigenvalue weighted by atomic mass is 79.9. The molecular formula is C18H14BrNOS. The van der Waals surface area contributed by atoms with E-state index in [2.05, 4.69) is 15.9 Å². The van der Waals surface area contributed by atoms with Crippen LogP contribution in [0, 0.1) is 6.92 Å². The van der Waals surface area contributed by atoms with Gasteiger partial charge in [-0.2, -0.15) is 0 Å². The third-order valence-corrected chi connectivity index (χ3v) is 4.97. The second-order valence-electron chi connectivity index (χ2n) is 4.97. The molecule has 0 radical (unpaired) electrons. The van der Waals surface area contributed by atoms with E-state index in [0.717, 1.165) is 20.5 Å². The van der Waals surface area contributed by atoms with E-state index in [9.17, 15) is 4.79 Å². The van der Waals surface area contributed by atoms with Gasteiger partial charge >= 0.3 is 0 Å². The number of carbonyl (C=O) groups excluding carboxylic acids is 1. The largest absolute Gasteiger partial charge is 0.390 e. The number of halogens is 1. The fraction of sp³-hybridized carbons (Fsp3) is 0.0556. The van der Waals surface area contributed by atoms with Crippen molar-refractivity contribution in [1.82, 2.24) is 0 Å². The Labute approximate surface area is 141 Å². The molecule has 1 heterocycles. The zero-order valence-corrected chi connectivity index (χ0v) is 14.4. The lowest BCUT2D eigenvalue weighted by Gasteiger charge is -2.07. The van der Waals surface area contributed by atoms with Gasteiger partial charge in [0, 0.05) is 20.5 Å². The lowest BCUT2D eigenvalue weighted by molar-refractivity contribution is 0.104. The van der Waals surface area contributed by atoms with E-state index >= 15 is 0 Å². The van der Waals surface area contributed by atoms with Crippen LogP contribution in [-0.4, -0.2) is 5.78 Å². The molecule has 0 aliphatic carbocycles. The quantitative estimate of drug-likeness (QED) is 0.634. The lowest BCUT2D eigenvalue weighted by atomic mass is 9.95. The fourth-order valence-electron chi connectivity index (χ4n) is 2.49. The number of carbonyl (C=O) groups is 1.